The van der Waals surface area contributed by atoms with Crippen molar-refractivity contribution in [2.45, 2.75) is 6.54 Å². The Hall–Kier alpha value is -2.75. The fraction of sp³-hybridized carbons (Fsp3) is 0.0455. The van der Waals surface area contributed by atoms with Gasteiger partial charge in [0.1, 0.15) is 5.01 Å². The molecule has 4 rings (SSSR count). The minimum Gasteiger partial charge on any atom is -0.326 e. The van der Waals surface area contributed by atoms with Gasteiger partial charge in [0.05, 0.1) is 5.69 Å². The molecule has 1 heterocycles. The Bertz CT molecular complexity index is 955. The van der Waals surface area contributed by atoms with E-state index in [0.717, 1.165) is 27.4 Å². The van der Waals surface area contributed by atoms with Crippen LogP contribution >= 0.6 is 11.3 Å². The van der Waals surface area contributed by atoms with Crippen molar-refractivity contribution in [1.29, 1.82) is 0 Å². The maximum atomic E-state index is 5.66. The summed E-state index contributed by atoms with van der Waals surface area (Å²) in [6.07, 6.45) is 0. The van der Waals surface area contributed by atoms with Crippen molar-refractivity contribution in [3.05, 3.63) is 89.8 Å². The molecular formula is C22H18N2S. The summed E-state index contributed by atoms with van der Waals surface area (Å²) in [7, 11) is 0. The van der Waals surface area contributed by atoms with Gasteiger partial charge in [-0.15, -0.1) is 11.3 Å². The summed E-state index contributed by atoms with van der Waals surface area (Å²) in [4.78, 5) is 4.80. The highest BCUT2D eigenvalue weighted by molar-refractivity contribution is 7.13. The number of nitrogens with two attached hydrogens (primary N) is 1. The molecule has 2 nitrogen and oxygen atoms in total. The lowest BCUT2D eigenvalue weighted by Crippen LogP contribution is -1.95. The summed E-state index contributed by atoms with van der Waals surface area (Å²) in [5, 5.41) is 3.15. The molecule has 0 unspecified atom stereocenters. The Labute approximate surface area is 151 Å². The van der Waals surface area contributed by atoms with E-state index in [1.807, 2.05) is 6.07 Å². The van der Waals surface area contributed by atoms with Gasteiger partial charge in [0.25, 0.3) is 0 Å². The number of hydrogen-bond donors (Lipinski definition) is 1. The molecule has 0 bridgehead atoms. The number of rotatable bonds is 4. The standard InChI is InChI=1S/C22H18N2S/c23-14-16-6-8-20(9-7-16)22-24-21(15-25-22)19-12-10-18(11-13-19)17-4-2-1-3-5-17/h1-13,15H,14,23H2. The quantitative estimate of drug-likeness (QED) is 0.524. The van der Waals surface area contributed by atoms with Crippen molar-refractivity contribution in [3.8, 4) is 33.0 Å². The van der Waals surface area contributed by atoms with Crippen LogP contribution in [0.3, 0.4) is 0 Å². The highest BCUT2D eigenvalue weighted by Gasteiger charge is 2.07. The van der Waals surface area contributed by atoms with Crippen LogP contribution in [0.2, 0.25) is 0 Å². The van der Waals surface area contributed by atoms with Gasteiger partial charge in [-0.2, -0.15) is 0 Å². The molecule has 0 spiro atoms. The molecule has 0 radical (unpaired) electrons. The second kappa shape index (κ2) is 7.01. The summed E-state index contributed by atoms with van der Waals surface area (Å²) in [6.45, 7) is 0.567. The highest BCUT2D eigenvalue weighted by atomic mass is 32.1. The maximum Gasteiger partial charge on any atom is 0.124 e. The zero-order valence-electron chi connectivity index (χ0n) is 13.7. The third-order valence-corrected chi connectivity index (χ3v) is 5.12. The summed E-state index contributed by atoms with van der Waals surface area (Å²) < 4.78 is 0. The fourth-order valence-corrected chi connectivity index (χ4v) is 3.62. The topological polar surface area (TPSA) is 38.9 Å². The van der Waals surface area contributed by atoms with E-state index in [0.29, 0.717) is 6.54 Å². The summed E-state index contributed by atoms with van der Waals surface area (Å²) in [5.74, 6) is 0. The Morgan fingerprint density at radius 3 is 1.96 bits per heavy atom. The van der Waals surface area contributed by atoms with Gasteiger partial charge in [0.2, 0.25) is 0 Å². The molecule has 3 aromatic carbocycles. The van der Waals surface area contributed by atoms with Gasteiger partial charge in [-0.1, -0.05) is 78.9 Å². The van der Waals surface area contributed by atoms with Gasteiger partial charge >= 0.3 is 0 Å². The minimum absolute atomic E-state index is 0.567. The molecule has 0 atom stereocenters. The summed E-state index contributed by atoms with van der Waals surface area (Å²) in [6, 6.07) is 27.3. The summed E-state index contributed by atoms with van der Waals surface area (Å²) in [5.41, 5.74) is 12.5. The Morgan fingerprint density at radius 1 is 0.680 bits per heavy atom. The van der Waals surface area contributed by atoms with Gasteiger partial charge in [-0.05, 0) is 16.7 Å². The first-order chi connectivity index (χ1) is 12.3. The van der Waals surface area contributed by atoms with Crippen LogP contribution in [-0.2, 0) is 6.54 Å². The van der Waals surface area contributed by atoms with E-state index < -0.39 is 0 Å². The molecule has 1 aromatic heterocycles. The third-order valence-electron chi connectivity index (χ3n) is 4.23. The van der Waals surface area contributed by atoms with E-state index in [1.165, 1.54) is 11.1 Å². The van der Waals surface area contributed by atoms with Crippen molar-refractivity contribution >= 4 is 11.3 Å². The second-order valence-corrected chi connectivity index (χ2v) is 6.74. The SMILES string of the molecule is NCc1ccc(-c2nc(-c3ccc(-c4ccccc4)cc3)cs2)cc1. The average molecular weight is 342 g/mol. The smallest absolute Gasteiger partial charge is 0.124 e. The van der Waals surface area contributed by atoms with Crippen LogP contribution in [0.15, 0.2) is 84.2 Å². The van der Waals surface area contributed by atoms with Crippen LogP contribution in [0, 0.1) is 0 Å². The molecule has 4 aromatic rings. The molecule has 25 heavy (non-hydrogen) atoms. The van der Waals surface area contributed by atoms with Crippen molar-refractivity contribution in [2.24, 2.45) is 5.73 Å². The van der Waals surface area contributed by atoms with Crippen molar-refractivity contribution in [2.75, 3.05) is 0 Å². The summed E-state index contributed by atoms with van der Waals surface area (Å²) >= 11 is 1.67. The first kappa shape index (κ1) is 15.8. The van der Waals surface area contributed by atoms with E-state index in [-0.39, 0.29) is 0 Å². The molecule has 0 aliphatic heterocycles. The number of benzene rings is 3. The predicted octanol–water partition coefficient (Wildman–Crippen LogP) is 5.60. The average Bonchev–Trinajstić information content (AvgIpc) is 3.19. The Morgan fingerprint density at radius 2 is 1.28 bits per heavy atom. The molecule has 0 aliphatic carbocycles. The van der Waals surface area contributed by atoms with Gasteiger partial charge in [0.15, 0.2) is 0 Å². The first-order valence-electron chi connectivity index (χ1n) is 8.24. The minimum atomic E-state index is 0.567. The van der Waals surface area contributed by atoms with Gasteiger partial charge in [0, 0.05) is 23.1 Å². The Balaban J connectivity index is 1.59. The number of aromatic nitrogens is 1. The molecule has 0 fully saturated rings. The highest BCUT2D eigenvalue weighted by Crippen LogP contribution is 2.30. The fourth-order valence-electron chi connectivity index (χ4n) is 2.79. The molecule has 122 valence electrons. The molecule has 0 saturated carbocycles. The van der Waals surface area contributed by atoms with Gasteiger partial charge < -0.3 is 5.73 Å². The van der Waals surface area contributed by atoms with Gasteiger partial charge in [-0.25, -0.2) is 4.98 Å². The van der Waals surface area contributed by atoms with E-state index in [2.05, 4.69) is 78.2 Å². The van der Waals surface area contributed by atoms with E-state index >= 15 is 0 Å². The van der Waals surface area contributed by atoms with E-state index in [9.17, 15) is 0 Å². The number of thiazole rings is 1. The lowest BCUT2D eigenvalue weighted by Gasteiger charge is -2.03. The van der Waals surface area contributed by atoms with Crippen LogP contribution in [0.4, 0.5) is 0 Å². The van der Waals surface area contributed by atoms with Crippen LogP contribution < -0.4 is 5.73 Å². The van der Waals surface area contributed by atoms with Crippen molar-refractivity contribution < 1.29 is 0 Å². The van der Waals surface area contributed by atoms with Gasteiger partial charge in [-0.3, -0.25) is 0 Å². The normalized spacial score (nSPS) is 10.8. The Kier molecular flexibility index (Phi) is 4.42. The molecule has 0 aliphatic rings. The third kappa shape index (κ3) is 3.38. The van der Waals surface area contributed by atoms with Crippen molar-refractivity contribution in [3.63, 3.8) is 0 Å². The first-order valence-corrected chi connectivity index (χ1v) is 9.12. The molecule has 0 amide bonds. The number of nitrogens with zero attached hydrogens (tertiary/aromatic N) is 1. The van der Waals surface area contributed by atoms with Crippen LogP contribution in [0.5, 0.6) is 0 Å². The van der Waals surface area contributed by atoms with Crippen LogP contribution in [-0.4, -0.2) is 4.98 Å². The maximum absolute atomic E-state index is 5.66. The lowest BCUT2D eigenvalue weighted by molar-refractivity contribution is 1.07. The predicted molar refractivity (Wildman–Crippen MR) is 106 cm³/mol. The zero-order valence-corrected chi connectivity index (χ0v) is 14.5. The molecule has 2 N–H and O–H groups in total. The van der Waals surface area contributed by atoms with Crippen molar-refractivity contribution in [1.82, 2.24) is 4.98 Å². The largest absolute Gasteiger partial charge is 0.326 e. The van der Waals surface area contributed by atoms with E-state index in [1.54, 1.807) is 11.3 Å². The molecule has 0 saturated heterocycles. The molecule has 3 heteroatoms. The lowest BCUT2D eigenvalue weighted by atomic mass is 10.0. The second-order valence-electron chi connectivity index (χ2n) is 5.88. The molecular weight excluding hydrogens is 324 g/mol. The van der Waals surface area contributed by atoms with Crippen LogP contribution in [0.1, 0.15) is 5.56 Å². The van der Waals surface area contributed by atoms with Crippen LogP contribution in [0.25, 0.3) is 33.0 Å². The monoisotopic (exact) mass is 342 g/mol. The van der Waals surface area contributed by atoms with E-state index in [4.69, 9.17) is 10.7 Å². The zero-order chi connectivity index (χ0) is 17.1. The number of hydrogen-bond acceptors (Lipinski definition) is 3.